The Morgan fingerprint density at radius 1 is 1.05 bits per heavy atom. The number of fused-ring (bicyclic) bond motifs is 1. The predicted octanol–water partition coefficient (Wildman–Crippen LogP) is 4.23. The van der Waals surface area contributed by atoms with Crippen molar-refractivity contribution in [2.75, 3.05) is 11.9 Å². The van der Waals surface area contributed by atoms with Gasteiger partial charge in [-0.3, -0.25) is 4.79 Å². The van der Waals surface area contributed by atoms with Crippen LogP contribution in [0.4, 0.5) is 5.69 Å². The maximum Gasteiger partial charge on any atom is 0.257 e. The second kappa shape index (κ2) is 6.22. The van der Waals surface area contributed by atoms with Crippen LogP contribution in [0.5, 0.6) is 0 Å². The van der Waals surface area contributed by atoms with Gasteiger partial charge in [0.1, 0.15) is 6.17 Å². The summed E-state index contributed by atoms with van der Waals surface area (Å²) in [5.74, 6) is 0.112. The van der Waals surface area contributed by atoms with E-state index in [0.717, 1.165) is 36.2 Å². The van der Waals surface area contributed by atoms with Crippen LogP contribution in [0.15, 0.2) is 48.5 Å². The Hall–Kier alpha value is -2.29. The van der Waals surface area contributed by atoms with Gasteiger partial charge in [-0.15, -0.1) is 0 Å². The number of hydrogen-bond acceptors (Lipinski definition) is 2. The van der Waals surface area contributed by atoms with Crippen LogP contribution in [-0.2, 0) is 6.42 Å². The minimum Gasteiger partial charge on any atom is -0.361 e. The van der Waals surface area contributed by atoms with Crippen LogP contribution in [0.3, 0.4) is 0 Å². The third kappa shape index (κ3) is 2.59. The van der Waals surface area contributed by atoms with Crippen LogP contribution in [-0.4, -0.2) is 17.4 Å². The molecule has 1 aliphatic rings. The molecule has 2 aromatic rings. The second-order valence-corrected chi connectivity index (χ2v) is 5.69. The monoisotopic (exact) mass is 294 g/mol. The summed E-state index contributed by atoms with van der Waals surface area (Å²) < 4.78 is 0. The van der Waals surface area contributed by atoms with E-state index in [-0.39, 0.29) is 12.1 Å². The lowest BCUT2D eigenvalue weighted by Gasteiger charge is -2.38. The van der Waals surface area contributed by atoms with Crippen molar-refractivity contribution >= 4 is 11.6 Å². The Morgan fingerprint density at radius 2 is 1.77 bits per heavy atom. The van der Waals surface area contributed by atoms with Crippen molar-refractivity contribution in [3.8, 4) is 0 Å². The molecule has 3 rings (SSSR count). The van der Waals surface area contributed by atoms with E-state index in [2.05, 4.69) is 43.4 Å². The first kappa shape index (κ1) is 14.6. The molecule has 3 nitrogen and oxygen atoms in total. The molecule has 1 N–H and O–H groups in total. The number of carbonyl (C=O) groups is 1. The fourth-order valence-corrected chi connectivity index (χ4v) is 2.96. The van der Waals surface area contributed by atoms with Crippen molar-refractivity contribution in [1.29, 1.82) is 0 Å². The molecule has 0 saturated heterocycles. The lowest BCUT2D eigenvalue weighted by Crippen LogP contribution is -2.43. The Kier molecular flexibility index (Phi) is 4.14. The number of nitrogens with zero attached hydrogens (tertiary/aromatic N) is 1. The maximum atomic E-state index is 12.8. The zero-order chi connectivity index (χ0) is 15.5. The van der Waals surface area contributed by atoms with Crippen molar-refractivity contribution < 1.29 is 4.79 Å². The molecule has 1 atom stereocenters. The molecule has 114 valence electrons. The van der Waals surface area contributed by atoms with Gasteiger partial charge in [0, 0.05) is 12.2 Å². The fourth-order valence-electron chi connectivity index (χ4n) is 2.96. The van der Waals surface area contributed by atoms with Crippen LogP contribution in [0.2, 0.25) is 0 Å². The minimum atomic E-state index is -0.0896. The number of aryl methyl sites for hydroxylation is 1. The average molecular weight is 294 g/mol. The molecule has 1 amide bonds. The molecule has 0 aromatic heterocycles. The number of hydrogen-bond donors (Lipinski definition) is 1. The summed E-state index contributed by atoms with van der Waals surface area (Å²) in [5.41, 5.74) is 4.13. The Balaban J connectivity index is 1.99. The molecule has 3 heteroatoms. The molecule has 0 spiro atoms. The molecular weight excluding hydrogens is 272 g/mol. The smallest absolute Gasteiger partial charge is 0.257 e. The zero-order valence-corrected chi connectivity index (χ0v) is 13.2. The van der Waals surface area contributed by atoms with Crippen molar-refractivity contribution in [2.45, 2.75) is 32.9 Å². The van der Waals surface area contributed by atoms with Gasteiger partial charge in [-0.2, -0.15) is 0 Å². The summed E-state index contributed by atoms with van der Waals surface area (Å²) in [7, 11) is 0. The van der Waals surface area contributed by atoms with Gasteiger partial charge in [-0.25, -0.2) is 0 Å². The second-order valence-electron chi connectivity index (χ2n) is 5.69. The van der Waals surface area contributed by atoms with E-state index < -0.39 is 0 Å². The average Bonchev–Trinajstić information content (AvgIpc) is 2.57. The van der Waals surface area contributed by atoms with Gasteiger partial charge in [0.15, 0.2) is 0 Å². The zero-order valence-electron chi connectivity index (χ0n) is 13.2. The van der Waals surface area contributed by atoms with E-state index in [9.17, 15) is 4.79 Å². The van der Waals surface area contributed by atoms with Gasteiger partial charge < -0.3 is 10.2 Å². The molecule has 2 aromatic carbocycles. The molecule has 0 bridgehead atoms. The van der Waals surface area contributed by atoms with Gasteiger partial charge in [-0.1, -0.05) is 50.2 Å². The molecule has 0 saturated carbocycles. The first-order valence-electron chi connectivity index (χ1n) is 8.00. The van der Waals surface area contributed by atoms with Gasteiger partial charge in [0.05, 0.1) is 5.56 Å². The lowest BCUT2D eigenvalue weighted by molar-refractivity contribution is 0.0683. The van der Waals surface area contributed by atoms with Crippen molar-refractivity contribution in [1.82, 2.24) is 4.90 Å². The summed E-state index contributed by atoms with van der Waals surface area (Å²) in [4.78, 5) is 14.7. The number of amides is 1. The summed E-state index contributed by atoms with van der Waals surface area (Å²) >= 11 is 0. The van der Waals surface area contributed by atoms with Crippen LogP contribution in [0.1, 0.15) is 47.9 Å². The Bertz CT molecular complexity index is 663. The van der Waals surface area contributed by atoms with E-state index in [4.69, 9.17) is 0 Å². The van der Waals surface area contributed by atoms with Crippen LogP contribution < -0.4 is 5.32 Å². The van der Waals surface area contributed by atoms with Gasteiger partial charge in [0.25, 0.3) is 5.91 Å². The van der Waals surface area contributed by atoms with Crippen molar-refractivity contribution in [3.63, 3.8) is 0 Å². The lowest BCUT2D eigenvalue weighted by atomic mass is 10.0. The molecule has 0 fully saturated rings. The Labute approximate surface area is 132 Å². The highest BCUT2D eigenvalue weighted by atomic mass is 16.2. The molecule has 0 aliphatic carbocycles. The summed E-state index contributed by atoms with van der Waals surface area (Å²) in [6.07, 6.45) is 1.88. The first-order chi connectivity index (χ1) is 10.7. The van der Waals surface area contributed by atoms with E-state index in [1.165, 1.54) is 5.56 Å². The standard InChI is InChI=1S/C19H22N2O/c1-3-13-21-18(15-11-9-14(4-2)10-12-15)20-17-8-6-5-7-16(17)19(21)22/h5-12,18,20H,3-4,13H2,1-2H3/t18-/m0/s1. The first-order valence-corrected chi connectivity index (χ1v) is 8.00. The third-order valence-corrected chi connectivity index (χ3v) is 4.19. The molecule has 0 radical (unpaired) electrons. The van der Waals surface area contributed by atoms with Gasteiger partial charge in [-0.05, 0) is 36.1 Å². The number of nitrogens with one attached hydrogen (secondary N) is 1. The minimum absolute atomic E-state index is 0.0896. The summed E-state index contributed by atoms with van der Waals surface area (Å²) in [6, 6.07) is 16.3. The number of benzene rings is 2. The van der Waals surface area contributed by atoms with Gasteiger partial charge in [0.2, 0.25) is 0 Å². The number of rotatable bonds is 4. The third-order valence-electron chi connectivity index (χ3n) is 4.19. The molecular formula is C19H22N2O. The maximum absolute atomic E-state index is 12.8. The topological polar surface area (TPSA) is 32.3 Å². The summed E-state index contributed by atoms with van der Waals surface area (Å²) in [5, 5.41) is 3.52. The molecule has 1 aliphatic heterocycles. The quantitative estimate of drug-likeness (QED) is 0.915. The molecule has 22 heavy (non-hydrogen) atoms. The van der Waals surface area contributed by atoms with Crippen molar-refractivity contribution in [3.05, 3.63) is 65.2 Å². The number of para-hydroxylation sites is 1. The molecule has 1 heterocycles. The fraction of sp³-hybridized carbons (Fsp3) is 0.316. The van der Waals surface area contributed by atoms with Gasteiger partial charge >= 0.3 is 0 Å². The highest BCUT2D eigenvalue weighted by Gasteiger charge is 2.31. The van der Waals surface area contributed by atoms with Crippen molar-refractivity contribution in [2.24, 2.45) is 0 Å². The van der Waals surface area contributed by atoms with E-state index in [1.54, 1.807) is 0 Å². The van der Waals surface area contributed by atoms with Crippen LogP contribution >= 0.6 is 0 Å². The largest absolute Gasteiger partial charge is 0.361 e. The summed E-state index contributed by atoms with van der Waals surface area (Å²) in [6.45, 7) is 5.00. The normalized spacial score (nSPS) is 17.1. The Morgan fingerprint density at radius 3 is 2.45 bits per heavy atom. The van der Waals surface area contributed by atoms with Crippen LogP contribution in [0, 0.1) is 0 Å². The van der Waals surface area contributed by atoms with Crippen LogP contribution in [0.25, 0.3) is 0 Å². The number of carbonyl (C=O) groups excluding carboxylic acids is 1. The van der Waals surface area contributed by atoms with E-state index in [0.29, 0.717) is 0 Å². The SMILES string of the molecule is CCCN1C(=O)c2ccccc2N[C@@H]1c1ccc(CC)cc1. The highest BCUT2D eigenvalue weighted by molar-refractivity contribution is 6.01. The molecule has 0 unspecified atom stereocenters. The number of anilines is 1. The van der Waals surface area contributed by atoms with E-state index >= 15 is 0 Å². The van der Waals surface area contributed by atoms with E-state index in [1.807, 2.05) is 29.2 Å². The predicted molar refractivity (Wildman–Crippen MR) is 90.0 cm³/mol. The highest BCUT2D eigenvalue weighted by Crippen LogP contribution is 2.33.